The highest BCUT2D eigenvalue weighted by Crippen LogP contribution is 2.28. The summed E-state index contributed by atoms with van der Waals surface area (Å²) in [4.78, 5) is 22.1. The number of carboxylic acids is 1. The molecule has 1 unspecified atom stereocenters. The molecule has 2 rings (SSSR count). The van der Waals surface area contributed by atoms with Crippen LogP contribution in [0.25, 0.3) is 0 Å². The van der Waals surface area contributed by atoms with Gasteiger partial charge in [0.25, 0.3) is 0 Å². The Balaban J connectivity index is 2.34. The number of hydrogen-bond acceptors (Lipinski definition) is 5. The molecule has 0 saturated carbocycles. The highest BCUT2D eigenvalue weighted by Gasteiger charge is 2.21. The number of thiophene rings is 1. The first kappa shape index (κ1) is 12.5. The molecule has 2 aromatic rings. The number of anilines is 1. The van der Waals surface area contributed by atoms with Crippen molar-refractivity contribution in [1.82, 2.24) is 9.97 Å². The second-order valence-electron chi connectivity index (χ2n) is 3.84. The largest absolute Gasteiger partial charge is 0.476 e. The summed E-state index contributed by atoms with van der Waals surface area (Å²) in [6, 6.07) is 4.04. The van der Waals surface area contributed by atoms with Crippen LogP contribution in [0, 0.1) is 0 Å². The summed E-state index contributed by atoms with van der Waals surface area (Å²) in [5.41, 5.74) is -0.0246. The quantitative estimate of drug-likeness (QED) is 0.917. The van der Waals surface area contributed by atoms with E-state index >= 15 is 0 Å². The second-order valence-corrected chi connectivity index (χ2v) is 4.82. The Morgan fingerprint density at radius 3 is 2.78 bits per heavy atom. The minimum atomic E-state index is -1.07. The third-order valence-corrected chi connectivity index (χ3v) is 3.79. The number of rotatable bonds is 4. The number of nitrogens with zero attached hydrogens (tertiary/aromatic N) is 3. The zero-order chi connectivity index (χ0) is 13.1. The molecule has 0 bridgehead atoms. The van der Waals surface area contributed by atoms with E-state index in [0.29, 0.717) is 5.82 Å². The summed E-state index contributed by atoms with van der Waals surface area (Å²) in [5.74, 6) is -0.686. The summed E-state index contributed by atoms with van der Waals surface area (Å²) >= 11 is 1.63. The zero-order valence-electron chi connectivity index (χ0n) is 10.1. The third kappa shape index (κ3) is 2.33. The van der Waals surface area contributed by atoms with Gasteiger partial charge in [-0.2, -0.15) is 0 Å². The van der Waals surface area contributed by atoms with Crippen molar-refractivity contribution in [2.75, 3.05) is 11.9 Å². The van der Waals surface area contributed by atoms with Crippen LogP contribution in [-0.2, 0) is 0 Å². The van der Waals surface area contributed by atoms with Crippen LogP contribution in [0.15, 0.2) is 29.9 Å². The molecule has 94 valence electrons. The summed E-state index contributed by atoms with van der Waals surface area (Å²) in [5, 5.41) is 11.1. The molecule has 5 nitrogen and oxygen atoms in total. The molecule has 18 heavy (non-hydrogen) atoms. The molecule has 0 fully saturated rings. The summed E-state index contributed by atoms with van der Waals surface area (Å²) in [7, 11) is 1.82. The van der Waals surface area contributed by atoms with Gasteiger partial charge < -0.3 is 10.0 Å². The van der Waals surface area contributed by atoms with Crippen LogP contribution in [0.2, 0.25) is 0 Å². The van der Waals surface area contributed by atoms with Crippen molar-refractivity contribution >= 4 is 23.1 Å². The minimum Gasteiger partial charge on any atom is -0.476 e. The van der Waals surface area contributed by atoms with Crippen molar-refractivity contribution in [2.45, 2.75) is 13.0 Å². The maximum absolute atomic E-state index is 11.1. The van der Waals surface area contributed by atoms with Gasteiger partial charge in [-0.3, -0.25) is 0 Å². The normalized spacial score (nSPS) is 12.1. The lowest BCUT2D eigenvalue weighted by Crippen LogP contribution is -2.24. The molecule has 0 aliphatic rings. The van der Waals surface area contributed by atoms with Crippen LogP contribution in [0.4, 0.5) is 5.82 Å². The second kappa shape index (κ2) is 5.14. The highest BCUT2D eigenvalue weighted by atomic mass is 32.1. The molecule has 0 amide bonds. The fourth-order valence-electron chi connectivity index (χ4n) is 1.64. The molecular formula is C12H13N3O2S. The van der Waals surface area contributed by atoms with E-state index in [4.69, 9.17) is 5.11 Å². The van der Waals surface area contributed by atoms with Crippen LogP contribution in [-0.4, -0.2) is 28.1 Å². The Morgan fingerprint density at radius 1 is 1.44 bits per heavy atom. The van der Waals surface area contributed by atoms with Gasteiger partial charge in [-0.15, -0.1) is 11.3 Å². The van der Waals surface area contributed by atoms with Crippen molar-refractivity contribution in [3.8, 4) is 0 Å². The number of aromatic carboxylic acids is 1. The first-order valence-corrected chi connectivity index (χ1v) is 6.29. The number of carboxylic acid groups (broad SMARTS) is 1. The molecule has 1 N–H and O–H groups in total. The summed E-state index contributed by atoms with van der Waals surface area (Å²) < 4.78 is 0. The average molecular weight is 263 g/mol. The lowest BCUT2D eigenvalue weighted by atomic mass is 10.2. The predicted molar refractivity (Wildman–Crippen MR) is 70.1 cm³/mol. The van der Waals surface area contributed by atoms with Gasteiger partial charge >= 0.3 is 5.97 Å². The van der Waals surface area contributed by atoms with Gasteiger partial charge in [0.05, 0.1) is 6.04 Å². The summed E-state index contributed by atoms with van der Waals surface area (Å²) in [6.07, 6.45) is 2.88. The minimum absolute atomic E-state index is 0.0246. The van der Waals surface area contributed by atoms with Crippen LogP contribution in [0.5, 0.6) is 0 Å². The fourth-order valence-corrected chi connectivity index (χ4v) is 2.47. The van der Waals surface area contributed by atoms with Crippen molar-refractivity contribution in [2.24, 2.45) is 0 Å². The van der Waals surface area contributed by atoms with E-state index < -0.39 is 5.97 Å². The van der Waals surface area contributed by atoms with E-state index in [9.17, 15) is 4.79 Å². The molecule has 0 spiro atoms. The molecule has 0 saturated heterocycles. The van der Waals surface area contributed by atoms with E-state index in [1.54, 1.807) is 11.3 Å². The van der Waals surface area contributed by atoms with Gasteiger partial charge in [-0.05, 0) is 18.4 Å². The maximum atomic E-state index is 11.1. The molecule has 0 aromatic carbocycles. The number of carbonyl (C=O) groups is 1. The first-order chi connectivity index (χ1) is 8.61. The molecule has 6 heteroatoms. The van der Waals surface area contributed by atoms with Crippen LogP contribution in [0.3, 0.4) is 0 Å². The Morgan fingerprint density at radius 2 is 2.17 bits per heavy atom. The van der Waals surface area contributed by atoms with E-state index in [1.807, 2.05) is 36.4 Å². The van der Waals surface area contributed by atoms with Crippen molar-refractivity contribution < 1.29 is 9.90 Å². The zero-order valence-corrected chi connectivity index (χ0v) is 10.9. The summed E-state index contributed by atoms with van der Waals surface area (Å²) in [6.45, 7) is 2.01. The monoisotopic (exact) mass is 263 g/mol. The molecule has 2 aromatic heterocycles. The van der Waals surface area contributed by atoms with E-state index in [1.165, 1.54) is 12.4 Å². The first-order valence-electron chi connectivity index (χ1n) is 5.41. The molecule has 0 radical (unpaired) electrons. The lowest BCUT2D eigenvalue weighted by molar-refractivity contribution is 0.0690. The molecule has 0 aliphatic carbocycles. The van der Waals surface area contributed by atoms with Crippen LogP contribution in [0.1, 0.15) is 28.3 Å². The maximum Gasteiger partial charge on any atom is 0.358 e. The van der Waals surface area contributed by atoms with Gasteiger partial charge in [-0.25, -0.2) is 14.8 Å². The Kier molecular flexibility index (Phi) is 3.57. The molecule has 1 atom stereocenters. The van der Waals surface area contributed by atoms with Gasteiger partial charge in [-0.1, -0.05) is 6.07 Å². The molecular weight excluding hydrogens is 250 g/mol. The number of aromatic nitrogens is 2. The Labute approximate surface area is 109 Å². The Bertz CT molecular complexity index is 542. The third-order valence-electron chi connectivity index (χ3n) is 2.75. The topological polar surface area (TPSA) is 66.3 Å². The van der Waals surface area contributed by atoms with Gasteiger partial charge in [0.2, 0.25) is 0 Å². The number of hydrogen-bond donors (Lipinski definition) is 1. The van der Waals surface area contributed by atoms with Gasteiger partial charge in [0.15, 0.2) is 11.5 Å². The van der Waals surface area contributed by atoms with Gasteiger partial charge in [0, 0.05) is 24.3 Å². The van der Waals surface area contributed by atoms with E-state index in [2.05, 4.69) is 9.97 Å². The SMILES string of the molecule is CC(c1cccs1)N(C)c1nccnc1C(=O)O. The van der Waals surface area contributed by atoms with Crippen molar-refractivity contribution in [3.05, 3.63) is 40.5 Å². The predicted octanol–water partition coefficient (Wildman–Crippen LogP) is 2.43. The smallest absolute Gasteiger partial charge is 0.358 e. The van der Waals surface area contributed by atoms with Gasteiger partial charge in [0.1, 0.15) is 0 Å². The molecule has 0 aliphatic heterocycles. The molecule has 2 heterocycles. The Hall–Kier alpha value is -1.95. The average Bonchev–Trinajstić information content (AvgIpc) is 2.90. The van der Waals surface area contributed by atoms with Crippen LogP contribution < -0.4 is 4.90 Å². The van der Waals surface area contributed by atoms with Crippen molar-refractivity contribution in [1.29, 1.82) is 0 Å². The van der Waals surface area contributed by atoms with Crippen LogP contribution >= 0.6 is 11.3 Å². The van der Waals surface area contributed by atoms with E-state index in [0.717, 1.165) is 4.88 Å². The standard InChI is InChI=1S/C12H13N3O2S/c1-8(9-4-3-7-18-9)15(2)11-10(12(16)17)13-5-6-14-11/h3-8H,1-2H3,(H,16,17). The fraction of sp³-hybridized carbons (Fsp3) is 0.250. The highest BCUT2D eigenvalue weighted by molar-refractivity contribution is 7.10. The van der Waals surface area contributed by atoms with E-state index in [-0.39, 0.29) is 11.7 Å². The van der Waals surface area contributed by atoms with Crippen molar-refractivity contribution in [3.63, 3.8) is 0 Å². The lowest BCUT2D eigenvalue weighted by Gasteiger charge is -2.25.